The number of aromatic nitrogens is 1. The van der Waals surface area contributed by atoms with Gasteiger partial charge < -0.3 is 14.2 Å². The van der Waals surface area contributed by atoms with Gasteiger partial charge in [-0.05, 0) is 18.9 Å². The molecule has 1 saturated heterocycles. The Bertz CT molecular complexity index is 586. The molecule has 1 aromatic heterocycles. The van der Waals surface area contributed by atoms with Crippen LogP contribution in [0.4, 0.5) is 13.2 Å². The van der Waals surface area contributed by atoms with Crippen LogP contribution in [-0.4, -0.2) is 30.6 Å². The lowest BCUT2D eigenvalue weighted by atomic mass is 9.69. The monoisotopic (exact) mass is 315 g/mol. The molecule has 22 heavy (non-hydrogen) atoms. The van der Waals surface area contributed by atoms with Crippen molar-refractivity contribution in [2.24, 2.45) is 0 Å². The maximum absolute atomic E-state index is 12.7. The summed E-state index contributed by atoms with van der Waals surface area (Å²) in [5, 5.41) is 0. The average molecular weight is 315 g/mol. The Morgan fingerprint density at radius 3 is 2.32 bits per heavy atom. The molecule has 0 radical (unpaired) electrons. The van der Waals surface area contributed by atoms with Gasteiger partial charge in [-0.2, -0.15) is 13.2 Å². The second kappa shape index (κ2) is 4.58. The predicted octanol–water partition coefficient (Wildman–Crippen LogP) is 3.05. The minimum absolute atomic E-state index is 0.124. The molecular weight excluding hydrogens is 299 g/mol. The third-order valence-electron chi connectivity index (χ3n) is 4.99. The summed E-state index contributed by atoms with van der Waals surface area (Å²) in [6.45, 7) is 1.60. The summed E-state index contributed by atoms with van der Waals surface area (Å²) in [5.74, 6) is -0.369. The molecule has 7 heteroatoms. The van der Waals surface area contributed by atoms with E-state index in [2.05, 4.69) is 4.98 Å². The number of pyridine rings is 1. The minimum Gasteiger partial charge on any atom is -0.476 e. The largest absolute Gasteiger partial charge is 0.476 e. The molecule has 2 aliphatic heterocycles. The molecule has 1 saturated carbocycles. The Balaban J connectivity index is 1.60. The van der Waals surface area contributed by atoms with Crippen molar-refractivity contribution >= 4 is 0 Å². The van der Waals surface area contributed by atoms with Gasteiger partial charge in [0.1, 0.15) is 5.69 Å². The van der Waals surface area contributed by atoms with Crippen LogP contribution in [0.25, 0.3) is 0 Å². The smallest absolute Gasteiger partial charge is 0.433 e. The van der Waals surface area contributed by atoms with Crippen LogP contribution < -0.4 is 4.74 Å². The molecule has 4 nitrogen and oxygen atoms in total. The number of hydrogen-bond donors (Lipinski definition) is 0. The van der Waals surface area contributed by atoms with Gasteiger partial charge in [-0.1, -0.05) is 6.07 Å². The highest BCUT2D eigenvalue weighted by molar-refractivity contribution is 5.40. The predicted molar refractivity (Wildman–Crippen MR) is 69.5 cm³/mol. The Morgan fingerprint density at radius 1 is 1.00 bits per heavy atom. The number of fused-ring (bicyclic) bond motifs is 2. The van der Waals surface area contributed by atoms with E-state index in [9.17, 15) is 13.2 Å². The number of rotatable bonds is 0. The van der Waals surface area contributed by atoms with Crippen molar-refractivity contribution in [3.05, 3.63) is 23.4 Å². The molecular formula is C15H16F3NO3. The first-order valence-corrected chi connectivity index (χ1v) is 7.42. The second-order valence-electron chi connectivity index (χ2n) is 6.22. The summed E-state index contributed by atoms with van der Waals surface area (Å²) in [6.07, 6.45) is -1.44. The van der Waals surface area contributed by atoms with Gasteiger partial charge in [0.15, 0.2) is 5.79 Å². The molecule has 3 aliphatic rings. The van der Waals surface area contributed by atoms with E-state index in [0.717, 1.165) is 37.3 Å². The zero-order chi connectivity index (χ0) is 15.4. The molecule has 2 fully saturated rings. The van der Waals surface area contributed by atoms with Crippen LogP contribution in [0.5, 0.6) is 5.88 Å². The van der Waals surface area contributed by atoms with E-state index in [-0.39, 0.29) is 11.3 Å². The van der Waals surface area contributed by atoms with Crippen LogP contribution in [0.1, 0.15) is 36.9 Å². The molecule has 3 heterocycles. The lowest BCUT2D eigenvalue weighted by Gasteiger charge is -2.40. The summed E-state index contributed by atoms with van der Waals surface area (Å²) in [4.78, 5) is 3.65. The van der Waals surface area contributed by atoms with Crippen molar-refractivity contribution in [2.45, 2.75) is 43.1 Å². The van der Waals surface area contributed by atoms with Gasteiger partial charge >= 0.3 is 6.18 Å². The van der Waals surface area contributed by atoms with Crippen molar-refractivity contribution in [3.8, 4) is 5.88 Å². The van der Waals surface area contributed by atoms with Gasteiger partial charge in [0, 0.05) is 23.8 Å². The van der Waals surface area contributed by atoms with E-state index >= 15 is 0 Å². The highest BCUT2D eigenvalue weighted by atomic mass is 19.4. The molecule has 2 spiro atoms. The number of hydrogen-bond acceptors (Lipinski definition) is 4. The Morgan fingerprint density at radius 2 is 1.68 bits per heavy atom. The Kier molecular flexibility index (Phi) is 2.97. The average Bonchev–Trinajstić information content (AvgIpc) is 3.08. The first-order chi connectivity index (χ1) is 10.4. The molecule has 0 bridgehead atoms. The standard InChI is InChI=1S/C15H16F3NO3/c16-15(17,18)11-2-1-10-12(19-11)20-9-13(10)3-5-14(6-4-13)21-7-8-22-14/h1-2H,3-9H2. The van der Waals surface area contributed by atoms with Crippen LogP contribution >= 0.6 is 0 Å². The van der Waals surface area contributed by atoms with Crippen LogP contribution in [0.2, 0.25) is 0 Å². The van der Waals surface area contributed by atoms with E-state index < -0.39 is 17.7 Å². The van der Waals surface area contributed by atoms with Crippen molar-refractivity contribution < 1.29 is 27.4 Å². The van der Waals surface area contributed by atoms with Gasteiger partial charge in [-0.3, -0.25) is 0 Å². The topological polar surface area (TPSA) is 40.6 Å². The first-order valence-electron chi connectivity index (χ1n) is 7.42. The second-order valence-corrected chi connectivity index (χ2v) is 6.22. The number of ether oxygens (including phenoxy) is 3. The van der Waals surface area contributed by atoms with E-state index in [1.54, 1.807) is 0 Å². The summed E-state index contributed by atoms with van der Waals surface area (Å²) < 4.78 is 55.1. The van der Waals surface area contributed by atoms with E-state index in [4.69, 9.17) is 14.2 Å². The molecule has 120 valence electrons. The van der Waals surface area contributed by atoms with Crippen LogP contribution in [-0.2, 0) is 21.1 Å². The zero-order valence-corrected chi connectivity index (χ0v) is 11.9. The fraction of sp³-hybridized carbons (Fsp3) is 0.667. The van der Waals surface area contributed by atoms with Crippen molar-refractivity contribution in [2.75, 3.05) is 19.8 Å². The van der Waals surface area contributed by atoms with E-state index in [1.165, 1.54) is 6.07 Å². The molecule has 0 aromatic carbocycles. The molecule has 0 unspecified atom stereocenters. The normalized spacial score (nSPS) is 25.4. The van der Waals surface area contributed by atoms with E-state index in [0.29, 0.717) is 19.8 Å². The molecule has 0 N–H and O–H groups in total. The Labute approximate surface area is 125 Å². The quantitative estimate of drug-likeness (QED) is 0.738. The fourth-order valence-electron chi connectivity index (χ4n) is 3.71. The lowest BCUT2D eigenvalue weighted by molar-refractivity contribution is -0.185. The maximum atomic E-state index is 12.7. The lowest BCUT2D eigenvalue weighted by Crippen LogP contribution is -2.42. The molecule has 4 rings (SSSR count). The highest BCUT2D eigenvalue weighted by Gasteiger charge is 2.51. The van der Waals surface area contributed by atoms with E-state index in [1.807, 2.05) is 0 Å². The highest BCUT2D eigenvalue weighted by Crippen LogP contribution is 2.51. The fourth-order valence-corrected chi connectivity index (χ4v) is 3.71. The van der Waals surface area contributed by atoms with Gasteiger partial charge in [-0.25, -0.2) is 4.98 Å². The van der Waals surface area contributed by atoms with Crippen LogP contribution in [0.15, 0.2) is 12.1 Å². The third kappa shape index (κ3) is 2.10. The molecule has 1 aromatic rings. The molecule has 0 amide bonds. The number of nitrogens with zero attached hydrogens (tertiary/aromatic N) is 1. The van der Waals surface area contributed by atoms with Crippen LogP contribution in [0, 0.1) is 0 Å². The number of alkyl halides is 3. The third-order valence-corrected chi connectivity index (χ3v) is 4.99. The summed E-state index contributed by atoms with van der Waals surface area (Å²) in [5.41, 5.74) is -0.376. The summed E-state index contributed by atoms with van der Waals surface area (Å²) in [7, 11) is 0. The molecule has 0 atom stereocenters. The minimum atomic E-state index is -4.45. The Hall–Kier alpha value is -1.34. The SMILES string of the molecule is FC(F)(F)c1ccc2c(n1)OCC21CCC2(CC1)OCCO2. The maximum Gasteiger partial charge on any atom is 0.433 e. The van der Waals surface area contributed by atoms with Gasteiger partial charge in [0.05, 0.1) is 19.8 Å². The molecule has 1 aliphatic carbocycles. The van der Waals surface area contributed by atoms with Gasteiger partial charge in [-0.15, -0.1) is 0 Å². The van der Waals surface area contributed by atoms with Crippen LogP contribution in [0.3, 0.4) is 0 Å². The van der Waals surface area contributed by atoms with Gasteiger partial charge in [0.25, 0.3) is 0 Å². The zero-order valence-electron chi connectivity index (χ0n) is 11.9. The van der Waals surface area contributed by atoms with Crippen molar-refractivity contribution in [1.82, 2.24) is 4.98 Å². The number of halogens is 3. The summed E-state index contributed by atoms with van der Waals surface area (Å²) in [6, 6.07) is 2.56. The summed E-state index contributed by atoms with van der Waals surface area (Å²) >= 11 is 0. The van der Waals surface area contributed by atoms with Crippen molar-refractivity contribution in [1.29, 1.82) is 0 Å². The van der Waals surface area contributed by atoms with Crippen molar-refractivity contribution in [3.63, 3.8) is 0 Å². The van der Waals surface area contributed by atoms with Gasteiger partial charge in [0.2, 0.25) is 5.88 Å². The first kappa shape index (κ1) is 14.3.